The van der Waals surface area contributed by atoms with Crippen molar-refractivity contribution in [2.24, 2.45) is 0 Å². The molecule has 2 heterocycles. The van der Waals surface area contributed by atoms with E-state index in [9.17, 15) is 9.18 Å². The Morgan fingerprint density at radius 3 is 2.96 bits per heavy atom. The van der Waals surface area contributed by atoms with E-state index in [-0.39, 0.29) is 17.8 Å². The van der Waals surface area contributed by atoms with Crippen LogP contribution in [0.25, 0.3) is 5.69 Å². The molecule has 1 saturated carbocycles. The first-order chi connectivity index (χ1) is 11.7. The molecule has 1 N–H and O–H groups in total. The number of halogens is 1. The third-order valence-electron chi connectivity index (χ3n) is 4.67. The van der Waals surface area contributed by atoms with Gasteiger partial charge >= 0.3 is 0 Å². The van der Waals surface area contributed by atoms with Gasteiger partial charge in [0.15, 0.2) is 0 Å². The molecule has 0 radical (unpaired) electrons. The van der Waals surface area contributed by atoms with Gasteiger partial charge in [0.25, 0.3) is 0 Å². The van der Waals surface area contributed by atoms with Crippen molar-refractivity contribution in [2.75, 3.05) is 6.54 Å². The molecule has 0 unspecified atom stereocenters. The van der Waals surface area contributed by atoms with Crippen molar-refractivity contribution >= 4 is 5.91 Å². The fourth-order valence-electron chi connectivity index (χ4n) is 3.25. The van der Waals surface area contributed by atoms with Crippen LogP contribution in [0.1, 0.15) is 31.4 Å². The van der Waals surface area contributed by atoms with Gasteiger partial charge in [-0.25, -0.2) is 9.07 Å². The number of rotatable bonds is 5. The number of carbonyl (C=O) groups excluding carboxylic acids is 1. The predicted octanol–water partition coefficient (Wildman–Crippen LogP) is 2.25. The number of hydrogen-bond donors (Lipinski definition) is 1. The monoisotopic (exact) mass is 328 g/mol. The Kier molecular flexibility index (Phi) is 4.06. The summed E-state index contributed by atoms with van der Waals surface area (Å²) in [5.74, 6) is -0.125. The van der Waals surface area contributed by atoms with Gasteiger partial charge in [0.05, 0.1) is 17.4 Å². The van der Waals surface area contributed by atoms with Gasteiger partial charge in [0, 0.05) is 18.8 Å². The van der Waals surface area contributed by atoms with Crippen LogP contribution >= 0.6 is 0 Å². The van der Waals surface area contributed by atoms with Crippen LogP contribution in [0.15, 0.2) is 36.5 Å². The summed E-state index contributed by atoms with van der Waals surface area (Å²) in [4.78, 5) is 14.5. The SMILES string of the molecule is O=C(NC1CC1)[C@@H]1CCCN1Cc1ccn(-c2cccc(F)c2)n1. The molecule has 1 aliphatic heterocycles. The minimum absolute atomic E-state index is 0.0510. The number of aromatic nitrogens is 2. The summed E-state index contributed by atoms with van der Waals surface area (Å²) in [6.07, 6.45) is 5.99. The largest absolute Gasteiger partial charge is 0.352 e. The zero-order valence-corrected chi connectivity index (χ0v) is 13.5. The van der Waals surface area contributed by atoms with Crippen molar-refractivity contribution in [1.29, 1.82) is 0 Å². The van der Waals surface area contributed by atoms with E-state index in [1.165, 1.54) is 12.1 Å². The van der Waals surface area contributed by atoms with E-state index in [1.54, 1.807) is 10.7 Å². The predicted molar refractivity (Wildman–Crippen MR) is 88.1 cm³/mol. The molecule has 2 aliphatic rings. The van der Waals surface area contributed by atoms with Gasteiger partial charge in [-0.05, 0) is 56.5 Å². The fourth-order valence-corrected chi connectivity index (χ4v) is 3.25. The van der Waals surface area contributed by atoms with Crippen molar-refractivity contribution in [3.05, 3.63) is 48.0 Å². The van der Waals surface area contributed by atoms with Crippen molar-refractivity contribution < 1.29 is 9.18 Å². The average Bonchev–Trinajstić information content (AvgIpc) is 3.08. The van der Waals surface area contributed by atoms with E-state index < -0.39 is 0 Å². The summed E-state index contributed by atoms with van der Waals surface area (Å²) in [6.45, 7) is 1.56. The first kappa shape index (κ1) is 15.3. The van der Waals surface area contributed by atoms with Crippen LogP contribution in [0.2, 0.25) is 0 Å². The zero-order chi connectivity index (χ0) is 16.5. The Morgan fingerprint density at radius 2 is 2.17 bits per heavy atom. The van der Waals surface area contributed by atoms with Crippen LogP contribution in [0.5, 0.6) is 0 Å². The third kappa shape index (κ3) is 3.33. The molecule has 0 spiro atoms. The first-order valence-electron chi connectivity index (χ1n) is 8.54. The number of amides is 1. The number of nitrogens with one attached hydrogen (secondary N) is 1. The Labute approximate surface area is 140 Å². The lowest BCUT2D eigenvalue weighted by Gasteiger charge is -2.22. The van der Waals surface area contributed by atoms with Crippen LogP contribution in [0, 0.1) is 5.82 Å². The molecule has 2 fully saturated rings. The summed E-state index contributed by atoms with van der Waals surface area (Å²) in [5.41, 5.74) is 1.59. The van der Waals surface area contributed by atoms with Crippen LogP contribution in [-0.4, -0.2) is 39.2 Å². The molecule has 6 heteroatoms. The standard InChI is InChI=1S/C18H21FN4O/c19-13-3-1-4-16(11-13)23-10-8-15(21-23)12-22-9-2-5-17(22)18(24)20-14-6-7-14/h1,3-4,8,10-11,14,17H,2,5-7,9,12H2,(H,20,24)/t17-/m0/s1. The van der Waals surface area contributed by atoms with Gasteiger partial charge in [-0.15, -0.1) is 0 Å². The number of benzene rings is 1. The maximum atomic E-state index is 13.3. The molecule has 1 amide bonds. The van der Waals surface area contributed by atoms with Crippen LogP contribution < -0.4 is 5.32 Å². The highest BCUT2D eigenvalue weighted by molar-refractivity contribution is 5.82. The maximum absolute atomic E-state index is 13.3. The molecule has 1 aromatic carbocycles. The summed E-state index contributed by atoms with van der Waals surface area (Å²) in [6, 6.07) is 8.64. The highest BCUT2D eigenvalue weighted by Crippen LogP contribution is 2.23. The zero-order valence-electron chi connectivity index (χ0n) is 13.5. The molecule has 1 saturated heterocycles. The summed E-state index contributed by atoms with van der Waals surface area (Å²) >= 11 is 0. The number of nitrogens with zero attached hydrogens (tertiary/aromatic N) is 3. The molecular weight excluding hydrogens is 307 g/mol. The molecule has 1 atom stereocenters. The second-order valence-electron chi connectivity index (χ2n) is 6.64. The van der Waals surface area contributed by atoms with Crippen LogP contribution in [-0.2, 0) is 11.3 Å². The van der Waals surface area contributed by atoms with Crippen molar-refractivity contribution in [3.8, 4) is 5.69 Å². The van der Waals surface area contributed by atoms with Crippen molar-refractivity contribution in [1.82, 2.24) is 20.0 Å². The minimum Gasteiger partial charge on any atom is -0.352 e. The average molecular weight is 328 g/mol. The van der Waals surface area contributed by atoms with Crippen molar-refractivity contribution in [2.45, 2.75) is 44.3 Å². The normalized spacial score (nSPS) is 21.1. The molecule has 1 aliphatic carbocycles. The van der Waals surface area contributed by atoms with Gasteiger partial charge in [0.2, 0.25) is 5.91 Å². The maximum Gasteiger partial charge on any atom is 0.237 e. The molecular formula is C18H21FN4O. The highest BCUT2D eigenvalue weighted by atomic mass is 19.1. The Morgan fingerprint density at radius 1 is 1.29 bits per heavy atom. The van der Waals surface area contributed by atoms with Crippen molar-refractivity contribution in [3.63, 3.8) is 0 Å². The van der Waals surface area contributed by atoms with E-state index in [0.29, 0.717) is 18.3 Å². The van der Waals surface area contributed by atoms with Gasteiger partial charge in [-0.1, -0.05) is 6.07 Å². The first-order valence-corrected chi connectivity index (χ1v) is 8.54. The quantitative estimate of drug-likeness (QED) is 0.916. The Balaban J connectivity index is 1.44. The molecule has 24 heavy (non-hydrogen) atoms. The lowest BCUT2D eigenvalue weighted by Crippen LogP contribution is -2.43. The lowest BCUT2D eigenvalue weighted by atomic mass is 10.2. The van der Waals surface area contributed by atoms with Gasteiger partial charge in [-0.3, -0.25) is 9.69 Å². The molecule has 0 bridgehead atoms. The minimum atomic E-state index is -0.277. The van der Waals surface area contributed by atoms with E-state index in [2.05, 4.69) is 15.3 Å². The highest BCUT2D eigenvalue weighted by Gasteiger charge is 2.34. The van der Waals surface area contributed by atoms with Gasteiger partial charge < -0.3 is 5.32 Å². The van der Waals surface area contributed by atoms with Crippen LogP contribution in [0.4, 0.5) is 4.39 Å². The number of likely N-dealkylation sites (tertiary alicyclic amines) is 1. The van der Waals surface area contributed by atoms with Gasteiger partial charge in [-0.2, -0.15) is 5.10 Å². The molecule has 2 aromatic rings. The van der Waals surface area contributed by atoms with E-state index >= 15 is 0 Å². The second-order valence-corrected chi connectivity index (χ2v) is 6.64. The lowest BCUT2D eigenvalue weighted by molar-refractivity contribution is -0.125. The smallest absolute Gasteiger partial charge is 0.237 e. The summed E-state index contributed by atoms with van der Waals surface area (Å²) in [5, 5.41) is 7.63. The summed E-state index contributed by atoms with van der Waals surface area (Å²) in [7, 11) is 0. The second kappa shape index (κ2) is 6.36. The molecule has 5 nitrogen and oxygen atoms in total. The Bertz CT molecular complexity index is 740. The van der Waals surface area contributed by atoms with Crippen LogP contribution in [0.3, 0.4) is 0 Å². The molecule has 1 aromatic heterocycles. The number of hydrogen-bond acceptors (Lipinski definition) is 3. The van der Waals surface area contributed by atoms with E-state index in [1.807, 2.05) is 18.3 Å². The van der Waals surface area contributed by atoms with E-state index in [0.717, 1.165) is 37.9 Å². The molecule has 4 rings (SSSR count). The summed E-state index contributed by atoms with van der Waals surface area (Å²) < 4.78 is 15.0. The fraction of sp³-hybridized carbons (Fsp3) is 0.444. The number of carbonyl (C=O) groups is 1. The third-order valence-corrected chi connectivity index (χ3v) is 4.67. The van der Waals surface area contributed by atoms with E-state index in [4.69, 9.17) is 0 Å². The topological polar surface area (TPSA) is 50.2 Å². The molecule has 126 valence electrons. The van der Waals surface area contributed by atoms with Gasteiger partial charge in [0.1, 0.15) is 5.82 Å². The Hall–Kier alpha value is -2.21.